The van der Waals surface area contributed by atoms with Crippen LogP contribution in [-0.2, 0) is 0 Å². The maximum Gasteiger partial charge on any atom is 0.0664 e. The van der Waals surface area contributed by atoms with Crippen molar-refractivity contribution in [1.82, 2.24) is 0 Å². The number of benzene rings is 2. The maximum absolute atomic E-state index is 6.10. The molecule has 2 rings (SSSR count). The first-order valence-electron chi connectivity index (χ1n) is 7.51. The van der Waals surface area contributed by atoms with E-state index in [2.05, 4.69) is 76.0 Å². The van der Waals surface area contributed by atoms with Gasteiger partial charge in [-0.15, -0.1) is 0 Å². The van der Waals surface area contributed by atoms with E-state index < -0.39 is 0 Å². The molecule has 0 radical (unpaired) electrons. The first-order chi connectivity index (χ1) is 9.93. The molecule has 2 aromatic rings. The van der Waals surface area contributed by atoms with Gasteiger partial charge in [0, 0.05) is 19.3 Å². The van der Waals surface area contributed by atoms with E-state index in [1.165, 1.54) is 33.5 Å². The van der Waals surface area contributed by atoms with Crippen LogP contribution in [0.25, 0.3) is 0 Å². The van der Waals surface area contributed by atoms with Gasteiger partial charge in [0.25, 0.3) is 0 Å². The Bertz CT molecular complexity index is 631. The van der Waals surface area contributed by atoms with Gasteiger partial charge in [-0.3, -0.25) is 0 Å². The SMILES string of the molecule is Cc1cccc(N(C)C(CN)c2cc(C)c(C)cc2C)c1. The van der Waals surface area contributed by atoms with Gasteiger partial charge in [-0.05, 0) is 67.6 Å². The number of nitrogens with zero attached hydrogens (tertiary/aromatic N) is 1. The molecule has 112 valence electrons. The summed E-state index contributed by atoms with van der Waals surface area (Å²) < 4.78 is 0. The molecule has 0 aliphatic carbocycles. The predicted molar refractivity (Wildman–Crippen MR) is 92.0 cm³/mol. The highest BCUT2D eigenvalue weighted by Gasteiger charge is 2.18. The smallest absolute Gasteiger partial charge is 0.0664 e. The maximum atomic E-state index is 6.10. The van der Waals surface area contributed by atoms with Crippen molar-refractivity contribution in [2.45, 2.75) is 33.7 Å². The van der Waals surface area contributed by atoms with E-state index in [0.29, 0.717) is 6.54 Å². The first-order valence-corrected chi connectivity index (χ1v) is 7.51. The molecule has 2 N–H and O–H groups in total. The monoisotopic (exact) mass is 282 g/mol. The molecule has 0 saturated carbocycles. The first kappa shape index (κ1) is 15.6. The molecule has 2 aromatic carbocycles. The van der Waals surface area contributed by atoms with Crippen LogP contribution in [0.15, 0.2) is 36.4 Å². The lowest BCUT2D eigenvalue weighted by molar-refractivity contribution is 0.675. The van der Waals surface area contributed by atoms with E-state index >= 15 is 0 Å². The van der Waals surface area contributed by atoms with Crippen LogP contribution in [0.5, 0.6) is 0 Å². The fraction of sp³-hybridized carbons (Fsp3) is 0.368. The predicted octanol–water partition coefficient (Wildman–Crippen LogP) is 4.06. The number of rotatable bonds is 4. The van der Waals surface area contributed by atoms with E-state index in [4.69, 9.17) is 5.73 Å². The summed E-state index contributed by atoms with van der Waals surface area (Å²) in [6.45, 7) is 9.23. The Labute approximate surface area is 128 Å². The van der Waals surface area contributed by atoms with Crippen LogP contribution in [0.2, 0.25) is 0 Å². The van der Waals surface area contributed by atoms with Crippen molar-refractivity contribution in [3.05, 3.63) is 64.2 Å². The second-order valence-corrected chi connectivity index (χ2v) is 5.99. The Morgan fingerprint density at radius 1 is 0.952 bits per heavy atom. The molecule has 2 nitrogen and oxygen atoms in total. The second kappa shape index (κ2) is 6.31. The number of likely N-dealkylation sites (N-methyl/N-ethyl adjacent to an activating group) is 1. The van der Waals surface area contributed by atoms with Crippen LogP contribution in [-0.4, -0.2) is 13.6 Å². The standard InChI is InChI=1S/C19H26N2/c1-13-7-6-8-17(9-13)21(5)19(12-20)18-11-15(3)14(2)10-16(18)4/h6-11,19H,12,20H2,1-5H3. The van der Waals surface area contributed by atoms with Crippen molar-refractivity contribution < 1.29 is 0 Å². The van der Waals surface area contributed by atoms with E-state index in [0.717, 1.165) is 0 Å². The minimum absolute atomic E-state index is 0.200. The summed E-state index contributed by atoms with van der Waals surface area (Å²) in [5.41, 5.74) is 13.9. The summed E-state index contributed by atoms with van der Waals surface area (Å²) >= 11 is 0. The summed E-state index contributed by atoms with van der Waals surface area (Å²) in [5, 5.41) is 0. The normalized spacial score (nSPS) is 12.3. The molecule has 0 amide bonds. The number of hydrogen-bond acceptors (Lipinski definition) is 2. The lowest BCUT2D eigenvalue weighted by atomic mass is 9.94. The third-order valence-corrected chi connectivity index (χ3v) is 4.34. The Morgan fingerprint density at radius 3 is 2.24 bits per heavy atom. The van der Waals surface area contributed by atoms with Gasteiger partial charge in [0.05, 0.1) is 6.04 Å². The molecular weight excluding hydrogens is 256 g/mol. The van der Waals surface area contributed by atoms with Gasteiger partial charge in [-0.2, -0.15) is 0 Å². The highest BCUT2D eigenvalue weighted by molar-refractivity contribution is 5.51. The highest BCUT2D eigenvalue weighted by Crippen LogP contribution is 2.29. The number of anilines is 1. The zero-order chi connectivity index (χ0) is 15.6. The largest absolute Gasteiger partial charge is 0.366 e. The number of nitrogens with two attached hydrogens (primary N) is 1. The molecule has 0 aliphatic rings. The highest BCUT2D eigenvalue weighted by atomic mass is 15.1. The van der Waals surface area contributed by atoms with Crippen LogP contribution in [0.3, 0.4) is 0 Å². The summed E-state index contributed by atoms with van der Waals surface area (Å²) in [5.74, 6) is 0. The van der Waals surface area contributed by atoms with Gasteiger partial charge >= 0.3 is 0 Å². The summed E-state index contributed by atoms with van der Waals surface area (Å²) in [4.78, 5) is 2.28. The van der Waals surface area contributed by atoms with Crippen LogP contribution in [0.1, 0.15) is 33.9 Å². The van der Waals surface area contributed by atoms with Crippen LogP contribution < -0.4 is 10.6 Å². The molecule has 0 aliphatic heterocycles. The second-order valence-electron chi connectivity index (χ2n) is 5.99. The molecule has 1 atom stereocenters. The molecule has 2 heteroatoms. The zero-order valence-corrected chi connectivity index (χ0v) is 13.8. The number of aryl methyl sites for hydroxylation is 4. The van der Waals surface area contributed by atoms with Crippen molar-refractivity contribution in [3.8, 4) is 0 Å². The van der Waals surface area contributed by atoms with Crippen molar-refractivity contribution >= 4 is 5.69 Å². The molecule has 0 heterocycles. The Kier molecular flexibility index (Phi) is 4.69. The van der Waals surface area contributed by atoms with E-state index in [1.54, 1.807) is 0 Å². The van der Waals surface area contributed by atoms with E-state index in [1.807, 2.05) is 0 Å². The third-order valence-electron chi connectivity index (χ3n) is 4.34. The van der Waals surface area contributed by atoms with Crippen LogP contribution in [0, 0.1) is 27.7 Å². The topological polar surface area (TPSA) is 29.3 Å². The molecule has 0 bridgehead atoms. The van der Waals surface area contributed by atoms with Crippen molar-refractivity contribution in [1.29, 1.82) is 0 Å². The summed E-state index contributed by atoms with van der Waals surface area (Å²) in [6.07, 6.45) is 0. The van der Waals surface area contributed by atoms with E-state index in [-0.39, 0.29) is 6.04 Å². The third kappa shape index (κ3) is 3.27. The molecule has 0 saturated heterocycles. The Morgan fingerprint density at radius 2 is 1.62 bits per heavy atom. The van der Waals surface area contributed by atoms with Gasteiger partial charge in [0.2, 0.25) is 0 Å². The Hall–Kier alpha value is -1.80. The average Bonchev–Trinajstić information content (AvgIpc) is 2.45. The zero-order valence-electron chi connectivity index (χ0n) is 13.8. The van der Waals surface area contributed by atoms with Gasteiger partial charge in [0.1, 0.15) is 0 Å². The summed E-state index contributed by atoms with van der Waals surface area (Å²) in [7, 11) is 2.13. The van der Waals surface area contributed by atoms with Gasteiger partial charge in [0.15, 0.2) is 0 Å². The van der Waals surface area contributed by atoms with Crippen molar-refractivity contribution in [2.24, 2.45) is 5.73 Å². The lowest BCUT2D eigenvalue weighted by Gasteiger charge is -2.31. The van der Waals surface area contributed by atoms with Crippen molar-refractivity contribution in [3.63, 3.8) is 0 Å². The molecule has 0 aromatic heterocycles. The molecule has 0 fully saturated rings. The summed E-state index contributed by atoms with van der Waals surface area (Å²) in [6, 6.07) is 13.3. The van der Waals surface area contributed by atoms with Gasteiger partial charge in [-0.1, -0.05) is 24.3 Å². The average molecular weight is 282 g/mol. The molecular formula is C19H26N2. The quantitative estimate of drug-likeness (QED) is 0.916. The Balaban J connectivity index is 2.42. The van der Waals surface area contributed by atoms with E-state index in [9.17, 15) is 0 Å². The minimum Gasteiger partial charge on any atom is -0.366 e. The van der Waals surface area contributed by atoms with Crippen molar-refractivity contribution in [2.75, 3.05) is 18.5 Å². The minimum atomic E-state index is 0.200. The molecule has 21 heavy (non-hydrogen) atoms. The molecule has 0 spiro atoms. The molecule has 1 unspecified atom stereocenters. The van der Waals surface area contributed by atoms with Gasteiger partial charge < -0.3 is 10.6 Å². The van der Waals surface area contributed by atoms with Crippen LogP contribution in [0.4, 0.5) is 5.69 Å². The fourth-order valence-corrected chi connectivity index (χ4v) is 2.86. The van der Waals surface area contributed by atoms with Crippen LogP contribution >= 0.6 is 0 Å². The lowest BCUT2D eigenvalue weighted by Crippen LogP contribution is -2.31. The van der Waals surface area contributed by atoms with Gasteiger partial charge in [-0.25, -0.2) is 0 Å². The number of hydrogen-bond donors (Lipinski definition) is 1. The fourth-order valence-electron chi connectivity index (χ4n) is 2.86.